The molecule has 50 heavy (non-hydrogen) atoms. The number of allylic oxidation sites excluding steroid dienone is 5. The average molecular weight is 741 g/mol. The number of thiol groups is 1. The monoisotopic (exact) mass is 740 g/mol. The fourth-order valence-electron chi connectivity index (χ4n) is 4.81. The third-order valence-corrected chi connectivity index (χ3v) is 10.6. The first-order chi connectivity index (χ1) is 23.6. The van der Waals surface area contributed by atoms with E-state index in [1.165, 1.54) is 5.56 Å². The molecule has 3 rings (SSSR count). The fraction of sp³-hybridized carbons (Fsp3) is 0.436. The molecule has 1 fully saturated rings. The van der Waals surface area contributed by atoms with E-state index in [4.69, 9.17) is 5.11 Å². The lowest BCUT2D eigenvalue weighted by molar-refractivity contribution is -0.138. The number of amides is 3. The van der Waals surface area contributed by atoms with Crippen molar-refractivity contribution in [2.45, 2.75) is 82.6 Å². The van der Waals surface area contributed by atoms with Crippen LogP contribution in [-0.2, 0) is 9.59 Å². The molecule has 0 radical (unpaired) electrons. The van der Waals surface area contributed by atoms with Gasteiger partial charge >= 0.3 is 0 Å². The molecule has 272 valence electrons. The molecule has 1 aliphatic rings. The Labute approximate surface area is 311 Å². The second kappa shape index (κ2) is 21.3. The number of aliphatic hydroxyl groups is 2. The van der Waals surface area contributed by atoms with E-state index in [1.807, 2.05) is 39.8 Å². The highest BCUT2D eigenvalue weighted by molar-refractivity contribution is 8.03. The number of carbonyl (C=O) groups is 4. The van der Waals surface area contributed by atoms with Crippen LogP contribution in [0.15, 0.2) is 88.7 Å². The topological polar surface area (TPSA) is 124 Å². The second-order valence-electron chi connectivity index (χ2n) is 12.9. The number of benzene rings is 2. The molecule has 0 bridgehead atoms. The number of nitrogens with zero attached hydrogens (tertiary/aromatic N) is 1. The third-order valence-electron chi connectivity index (χ3n) is 7.90. The van der Waals surface area contributed by atoms with Crippen LogP contribution in [0.2, 0.25) is 0 Å². The zero-order valence-corrected chi connectivity index (χ0v) is 32.5. The molecule has 1 heterocycles. The number of hydrogen-bond acceptors (Lipinski definition) is 9. The van der Waals surface area contributed by atoms with E-state index >= 15 is 0 Å². The average Bonchev–Trinajstić information content (AvgIpc) is 3.33. The number of likely N-dealkylation sites (tertiary alicyclic amines) is 1. The van der Waals surface area contributed by atoms with Crippen LogP contribution >= 0.6 is 36.2 Å². The van der Waals surface area contributed by atoms with Gasteiger partial charge in [-0.25, -0.2) is 0 Å². The Morgan fingerprint density at radius 2 is 1.68 bits per heavy atom. The third kappa shape index (κ3) is 14.6. The lowest BCUT2D eigenvalue weighted by Gasteiger charge is -2.28. The van der Waals surface area contributed by atoms with Gasteiger partial charge in [-0.05, 0) is 76.6 Å². The lowest BCUT2D eigenvalue weighted by Crippen LogP contribution is -2.45. The van der Waals surface area contributed by atoms with Crippen LogP contribution in [-0.4, -0.2) is 80.2 Å². The van der Waals surface area contributed by atoms with Crippen molar-refractivity contribution in [2.24, 2.45) is 5.92 Å². The molecule has 1 saturated heterocycles. The van der Waals surface area contributed by atoms with Crippen LogP contribution < -0.4 is 5.32 Å². The Balaban J connectivity index is 0.000000666. The highest BCUT2D eigenvalue weighted by Gasteiger charge is 2.35. The highest BCUT2D eigenvalue weighted by atomic mass is 32.2. The van der Waals surface area contributed by atoms with Gasteiger partial charge in [-0.15, -0.1) is 23.5 Å². The number of ketones is 1. The standard InChI is InChI=1S/C33H43NO3S2.C6H9NO3S/c1-8-23(3)10-13-25(5)38-21-28(22-39-30-18-11-24(4)12-19-30)31(36)26-14-16-27(17-15-26)32(37)34-33(6,7)20-29(35)9-2;8-2-1-7-5(9)3-4(11)6(7)10/h8,10-19,28-29,35H,1,9,20-22H2,2-7H3,(H,34,37);4,8,11H,1-3H2/b23-10-,25-13+;. The van der Waals surface area contributed by atoms with Crippen molar-refractivity contribution < 1.29 is 29.4 Å². The lowest BCUT2D eigenvalue weighted by atomic mass is 9.94. The number of Topliss-reactive ketones (excluding diaryl/α,β-unsaturated/α-hetero) is 1. The summed E-state index contributed by atoms with van der Waals surface area (Å²) in [5.41, 5.74) is 2.85. The summed E-state index contributed by atoms with van der Waals surface area (Å²) in [7, 11) is 0. The van der Waals surface area contributed by atoms with E-state index in [9.17, 15) is 24.3 Å². The predicted molar refractivity (Wildman–Crippen MR) is 210 cm³/mol. The van der Waals surface area contributed by atoms with Gasteiger partial charge < -0.3 is 15.5 Å². The normalized spacial score (nSPS) is 16.4. The first kappa shape index (κ1) is 43.1. The molecule has 3 amide bonds. The van der Waals surface area contributed by atoms with Crippen molar-refractivity contribution in [1.82, 2.24) is 10.2 Å². The first-order valence-electron chi connectivity index (χ1n) is 16.7. The number of thioether (sulfide) groups is 2. The molecule has 0 aliphatic carbocycles. The van der Waals surface area contributed by atoms with E-state index in [0.717, 1.165) is 20.3 Å². The molecule has 11 heteroatoms. The molecular weight excluding hydrogens is 689 g/mol. The quantitative estimate of drug-likeness (QED) is 0.0447. The zero-order chi connectivity index (χ0) is 37.4. The van der Waals surface area contributed by atoms with Crippen molar-refractivity contribution >= 4 is 59.7 Å². The van der Waals surface area contributed by atoms with Gasteiger partial charge in [0, 0.05) is 45.4 Å². The summed E-state index contributed by atoms with van der Waals surface area (Å²) in [6, 6.07) is 15.3. The van der Waals surface area contributed by atoms with E-state index in [2.05, 4.69) is 68.7 Å². The first-order valence-corrected chi connectivity index (χ1v) is 19.2. The Kier molecular flexibility index (Phi) is 18.4. The number of β-amino-alcohol motifs (C(OH)–C–C–N with tert-alkyl or cyclic N) is 1. The van der Waals surface area contributed by atoms with E-state index in [0.29, 0.717) is 35.5 Å². The molecule has 2 aromatic carbocycles. The number of aryl methyl sites for hydroxylation is 1. The number of aliphatic hydroxyl groups excluding tert-OH is 2. The smallest absolute Gasteiger partial charge is 0.251 e. The van der Waals surface area contributed by atoms with Gasteiger partial charge in [0.05, 0.1) is 24.5 Å². The number of nitrogens with one attached hydrogen (secondary N) is 1. The fourth-order valence-corrected chi connectivity index (χ4v) is 7.15. The molecular formula is C39H52N2O6S3. The minimum Gasteiger partial charge on any atom is -0.395 e. The summed E-state index contributed by atoms with van der Waals surface area (Å²) in [6.07, 6.45) is 6.71. The van der Waals surface area contributed by atoms with Crippen LogP contribution in [0.3, 0.4) is 0 Å². The summed E-state index contributed by atoms with van der Waals surface area (Å²) in [4.78, 5) is 51.7. The minimum absolute atomic E-state index is 0.0751. The van der Waals surface area contributed by atoms with Crippen molar-refractivity contribution in [3.8, 4) is 0 Å². The van der Waals surface area contributed by atoms with Gasteiger partial charge in [0.1, 0.15) is 0 Å². The van der Waals surface area contributed by atoms with E-state index in [1.54, 1.807) is 47.8 Å². The second-order valence-corrected chi connectivity index (χ2v) is 15.9. The molecule has 2 aromatic rings. The molecule has 8 nitrogen and oxygen atoms in total. The van der Waals surface area contributed by atoms with E-state index < -0.39 is 16.9 Å². The maximum absolute atomic E-state index is 13.6. The van der Waals surface area contributed by atoms with Crippen molar-refractivity contribution in [3.05, 3.63) is 101 Å². The Hall–Kier alpha value is -3.09. The van der Waals surface area contributed by atoms with E-state index in [-0.39, 0.29) is 49.0 Å². The Bertz CT molecular complexity index is 1520. The van der Waals surface area contributed by atoms with Crippen LogP contribution in [0.4, 0.5) is 0 Å². The van der Waals surface area contributed by atoms with Gasteiger partial charge in [-0.2, -0.15) is 12.6 Å². The predicted octanol–water partition coefficient (Wildman–Crippen LogP) is 7.06. The van der Waals surface area contributed by atoms with Crippen molar-refractivity contribution in [3.63, 3.8) is 0 Å². The number of imide groups is 1. The highest BCUT2D eigenvalue weighted by Crippen LogP contribution is 2.28. The molecule has 3 unspecified atom stereocenters. The number of rotatable bonds is 17. The SMILES string of the molecule is C=C/C(C)=C\C=C(/C)SCC(CSc1ccc(C)cc1)C(=O)c1ccc(C(=O)NC(C)(C)CC(O)CC)cc1.O=C1CC(S)C(=O)N1CCO. The molecule has 0 aromatic heterocycles. The Morgan fingerprint density at radius 1 is 1.06 bits per heavy atom. The van der Waals surface area contributed by atoms with Gasteiger partial charge in [-0.1, -0.05) is 67.1 Å². The summed E-state index contributed by atoms with van der Waals surface area (Å²) in [6.45, 7) is 15.6. The molecule has 3 N–H and O–H groups in total. The summed E-state index contributed by atoms with van der Waals surface area (Å²) in [5, 5.41) is 21.0. The van der Waals surface area contributed by atoms with Crippen LogP contribution in [0.5, 0.6) is 0 Å². The van der Waals surface area contributed by atoms with Gasteiger partial charge in [0.2, 0.25) is 11.8 Å². The summed E-state index contributed by atoms with van der Waals surface area (Å²) < 4.78 is 0. The largest absolute Gasteiger partial charge is 0.395 e. The number of carbonyl (C=O) groups excluding carboxylic acids is 4. The van der Waals surface area contributed by atoms with Crippen LogP contribution in [0.1, 0.15) is 80.2 Å². The van der Waals surface area contributed by atoms with Gasteiger partial charge in [0.15, 0.2) is 5.78 Å². The summed E-state index contributed by atoms with van der Waals surface area (Å²) in [5.74, 6) is 0.454. The maximum Gasteiger partial charge on any atom is 0.251 e. The molecule has 1 aliphatic heterocycles. The van der Waals surface area contributed by atoms with Crippen LogP contribution in [0.25, 0.3) is 0 Å². The molecule has 0 spiro atoms. The Morgan fingerprint density at radius 3 is 2.22 bits per heavy atom. The van der Waals surface area contributed by atoms with Gasteiger partial charge in [-0.3, -0.25) is 24.1 Å². The number of hydrogen-bond donors (Lipinski definition) is 4. The molecule has 3 atom stereocenters. The van der Waals surface area contributed by atoms with Crippen molar-refractivity contribution in [1.29, 1.82) is 0 Å². The van der Waals surface area contributed by atoms with Crippen molar-refractivity contribution in [2.75, 3.05) is 24.7 Å². The molecule has 0 saturated carbocycles. The minimum atomic E-state index is -0.540. The summed E-state index contributed by atoms with van der Waals surface area (Å²) >= 11 is 7.28. The zero-order valence-electron chi connectivity index (χ0n) is 30.0. The maximum atomic E-state index is 13.6. The van der Waals surface area contributed by atoms with Gasteiger partial charge in [0.25, 0.3) is 5.91 Å². The van der Waals surface area contributed by atoms with Crippen LogP contribution in [0, 0.1) is 12.8 Å².